The van der Waals surface area contributed by atoms with E-state index >= 15 is 0 Å². The van der Waals surface area contributed by atoms with Crippen molar-refractivity contribution in [2.75, 3.05) is 0 Å². The van der Waals surface area contributed by atoms with Gasteiger partial charge >= 0.3 is 0 Å². The van der Waals surface area contributed by atoms with Crippen LogP contribution in [0, 0.1) is 25.2 Å². The summed E-state index contributed by atoms with van der Waals surface area (Å²) in [6, 6.07) is 18.6. The Hall–Kier alpha value is -2.96. The molecule has 25 heavy (non-hydrogen) atoms. The standard InChI is InChI=1S/C22H18N2S/c1-16-11-12-19(13-17(16)2)21-15-25-22(24-21)20(14-23)10-6-9-18-7-4-3-5-8-18/h3-13,15H,1-2H3/b9-6+,20-10-. The average Bonchev–Trinajstić information content (AvgIpc) is 3.12. The van der Waals surface area contributed by atoms with Crippen molar-refractivity contribution in [1.29, 1.82) is 5.26 Å². The fraction of sp³-hybridized carbons (Fsp3) is 0.0909. The van der Waals surface area contributed by atoms with Crippen LogP contribution in [-0.4, -0.2) is 4.98 Å². The maximum Gasteiger partial charge on any atom is 0.134 e. The van der Waals surface area contributed by atoms with Crippen LogP contribution in [0.2, 0.25) is 0 Å². The lowest BCUT2D eigenvalue weighted by atomic mass is 10.1. The zero-order chi connectivity index (χ0) is 17.6. The number of aromatic nitrogens is 1. The van der Waals surface area contributed by atoms with Gasteiger partial charge in [0.15, 0.2) is 0 Å². The summed E-state index contributed by atoms with van der Waals surface area (Å²) >= 11 is 1.50. The number of thiazole rings is 1. The molecule has 2 nitrogen and oxygen atoms in total. The molecule has 1 aromatic heterocycles. The highest BCUT2D eigenvalue weighted by molar-refractivity contribution is 7.11. The fourth-order valence-corrected chi connectivity index (χ4v) is 3.21. The van der Waals surface area contributed by atoms with Gasteiger partial charge in [0.05, 0.1) is 11.3 Å². The molecule has 0 fully saturated rings. The van der Waals surface area contributed by atoms with Gasteiger partial charge in [-0.15, -0.1) is 11.3 Å². The van der Waals surface area contributed by atoms with Crippen LogP contribution in [0.1, 0.15) is 21.7 Å². The van der Waals surface area contributed by atoms with E-state index in [0.29, 0.717) is 5.57 Å². The quantitative estimate of drug-likeness (QED) is 0.427. The predicted octanol–water partition coefficient (Wildman–Crippen LogP) is 6.05. The van der Waals surface area contributed by atoms with E-state index in [1.165, 1.54) is 22.5 Å². The molecule has 0 spiro atoms. The summed E-state index contributed by atoms with van der Waals surface area (Å²) in [5.74, 6) is 0. The smallest absolute Gasteiger partial charge is 0.134 e. The normalized spacial score (nSPS) is 11.6. The molecule has 0 amide bonds. The van der Waals surface area contributed by atoms with E-state index in [2.05, 4.69) is 43.1 Å². The maximum absolute atomic E-state index is 9.45. The van der Waals surface area contributed by atoms with Crippen LogP contribution in [0.25, 0.3) is 22.9 Å². The third-order valence-electron chi connectivity index (χ3n) is 4.01. The number of rotatable bonds is 4. The number of benzene rings is 2. The van der Waals surface area contributed by atoms with E-state index in [9.17, 15) is 5.26 Å². The molecule has 0 N–H and O–H groups in total. The second-order valence-electron chi connectivity index (χ2n) is 5.80. The van der Waals surface area contributed by atoms with Crippen molar-refractivity contribution in [2.45, 2.75) is 13.8 Å². The second kappa shape index (κ2) is 7.74. The van der Waals surface area contributed by atoms with Crippen molar-refractivity contribution < 1.29 is 0 Å². The van der Waals surface area contributed by atoms with Gasteiger partial charge < -0.3 is 0 Å². The van der Waals surface area contributed by atoms with Crippen LogP contribution in [0.5, 0.6) is 0 Å². The first-order valence-electron chi connectivity index (χ1n) is 8.04. The lowest BCUT2D eigenvalue weighted by molar-refractivity contribution is 1.31. The molecular formula is C22H18N2S. The third-order valence-corrected chi connectivity index (χ3v) is 4.88. The van der Waals surface area contributed by atoms with Gasteiger partial charge in [-0.25, -0.2) is 4.98 Å². The van der Waals surface area contributed by atoms with Gasteiger partial charge in [-0.05, 0) is 42.7 Å². The van der Waals surface area contributed by atoms with Gasteiger partial charge in [0.25, 0.3) is 0 Å². The molecule has 0 atom stereocenters. The van der Waals surface area contributed by atoms with Gasteiger partial charge in [-0.2, -0.15) is 5.26 Å². The van der Waals surface area contributed by atoms with E-state index in [1.807, 2.05) is 53.9 Å². The molecule has 3 aromatic rings. The Bertz CT molecular complexity index is 973. The molecule has 0 radical (unpaired) electrons. The Labute approximate surface area is 152 Å². The average molecular weight is 342 g/mol. The minimum atomic E-state index is 0.576. The Morgan fingerprint density at radius 2 is 1.88 bits per heavy atom. The van der Waals surface area contributed by atoms with E-state index in [1.54, 1.807) is 0 Å². The van der Waals surface area contributed by atoms with Crippen LogP contribution < -0.4 is 0 Å². The first-order chi connectivity index (χ1) is 12.2. The first-order valence-corrected chi connectivity index (χ1v) is 8.92. The summed E-state index contributed by atoms with van der Waals surface area (Å²) in [5.41, 5.74) is 6.19. The molecule has 3 rings (SSSR count). The number of hydrogen-bond acceptors (Lipinski definition) is 3. The molecule has 0 saturated carbocycles. The summed E-state index contributed by atoms with van der Waals surface area (Å²) in [5, 5.41) is 12.2. The molecule has 1 heterocycles. The topological polar surface area (TPSA) is 36.7 Å². The Morgan fingerprint density at radius 1 is 1.08 bits per heavy atom. The molecule has 3 heteroatoms. The molecule has 2 aromatic carbocycles. The fourth-order valence-electron chi connectivity index (χ4n) is 2.41. The highest BCUT2D eigenvalue weighted by Crippen LogP contribution is 2.27. The minimum absolute atomic E-state index is 0.576. The van der Waals surface area contributed by atoms with Crippen molar-refractivity contribution in [1.82, 2.24) is 4.98 Å². The number of aryl methyl sites for hydroxylation is 2. The number of nitriles is 1. The van der Waals surface area contributed by atoms with Crippen molar-refractivity contribution in [3.05, 3.63) is 87.8 Å². The molecule has 0 saturated heterocycles. The van der Waals surface area contributed by atoms with E-state index in [0.717, 1.165) is 21.8 Å². The molecule has 0 aliphatic rings. The summed E-state index contributed by atoms with van der Waals surface area (Å²) in [4.78, 5) is 4.64. The van der Waals surface area contributed by atoms with E-state index in [-0.39, 0.29) is 0 Å². The van der Waals surface area contributed by atoms with Gasteiger partial charge in [0.2, 0.25) is 0 Å². The highest BCUT2D eigenvalue weighted by Gasteiger charge is 2.09. The summed E-state index contributed by atoms with van der Waals surface area (Å²) in [7, 11) is 0. The molecule has 0 unspecified atom stereocenters. The largest absolute Gasteiger partial charge is 0.235 e. The summed E-state index contributed by atoms with van der Waals surface area (Å²) in [6.07, 6.45) is 5.69. The second-order valence-corrected chi connectivity index (χ2v) is 6.66. The monoisotopic (exact) mass is 342 g/mol. The SMILES string of the molecule is Cc1ccc(-c2csc(/C(C#N)=C\C=C\c3ccccc3)n2)cc1C. The molecule has 0 bridgehead atoms. The Balaban J connectivity index is 1.84. The Kier molecular flexibility index (Phi) is 5.23. The van der Waals surface area contributed by atoms with E-state index < -0.39 is 0 Å². The number of nitrogens with zero attached hydrogens (tertiary/aromatic N) is 2. The van der Waals surface area contributed by atoms with Crippen LogP contribution in [-0.2, 0) is 0 Å². The first kappa shape index (κ1) is 16.9. The number of hydrogen-bond donors (Lipinski definition) is 0. The van der Waals surface area contributed by atoms with Crippen LogP contribution in [0.3, 0.4) is 0 Å². The van der Waals surface area contributed by atoms with Gasteiger partial charge in [-0.3, -0.25) is 0 Å². The van der Waals surface area contributed by atoms with Crippen LogP contribution >= 0.6 is 11.3 Å². The molecule has 0 aliphatic carbocycles. The van der Waals surface area contributed by atoms with Crippen LogP contribution in [0.4, 0.5) is 0 Å². The third kappa shape index (κ3) is 4.12. The molecule has 122 valence electrons. The molecular weight excluding hydrogens is 324 g/mol. The van der Waals surface area contributed by atoms with Gasteiger partial charge in [-0.1, -0.05) is 54.6 Å². The highest BCUT2D eigenvalue weighted by atomic mass is 32.1. The minimum Gasteiger partial charge on any atom is -0.235 e. The lowest BCUT2D eigenvalue weighted by Gasteiger charge is -2.02. The number of allylic oxidation sites excluding steroid dienone is 3. The van der Waals surface area contributed by atoms with Crippen molar-refractivity contribution in [3.8, 4) is 17.3 Å². The zero-order valence-corrected chi connectivity index (χ0v) is 15.0. The summed E-state index contributed by atoms with van der Waals surface area (Å²) < 4.78 is 0. The Morgan fingerprint density at radius 3 is 2.60 bits per heavy atom. The van der Waals surface area contributed by atoms with Crippen molar-refractivity contribution in [2.24, 2.45) is 0 Å². The van der Waals surface area contributed by atoms with E-state index in [4.69, 9.17) is 0 Å². The summed E-state index contributed by atoms with van der Waals surface area (Å²) in [6.45, 7) is 4.20. The predicted molar refractivity (Wildman–Crippen MR) is 106 cm³/mol. The van der Waals surface area contributed by atoms with Crippen LogP contribution in [0.15, 0.2) is 66.1 Å². The van der Waals surface area contributed by atoms with Gasteiger partial charge in [0, 0.05) is 10.9 Å². The van der Waals surface area contributed by atoms with Gasteiger partial charge in [0.1, 0.15) is 11.1 Å². The lowest BCUT2D eigenvalue weighted by Crippen LogP contribution is -1.85. The zero-order valence-electron chi connectivity index (χ0n) is 14.2. The maximum atomic E-state index is 9.45. The van der Waals surface area contributed by atoms with Crippen molar-refractivity contribution in [3.63, 3.8) is 0 Å². The van der Waals surface area contributed by atoms with Crippen molar-refractivity contribution >= 4 is 23.0 Å². The molecule has 0 aliphatic heterocycles.